The first-order valence-electron chi connectivity index (χ1n) is 8.17. The van der Waals surface area contributed by atoms with Crippen LogP contribution >= 0.6 is 11.6 Å². The van der Waals surface area contributed by atoms with Crippen molar-refractivity contribution in [2.75, 3.05) is 6.61 Å². The van der Waals surface area contributed by atoms with Gasteiger partial charge in [-0.15, -0.1) is 0 Å². The summed E-state index contributed by atoms with van der Waals surface area (Å²) in [5.41, 5.74) is 2.59. The molecular weight excluding hydrogens is 348 g/mol. The highest BCUT2D eigenvalue weighted by Crippen LogP contribution is 2.28. The Labute approximate surface area is 157 Å². The monoisotopic (exact) mass is 364 g/mol. The summed E-state index contributed by atoms with van der Waals surface area (Å²) in [5, 5.41) is 9.15. The van der Waals surface area contributed by atoms with E-state index < -0.39 is 0 Å². The molecule has 0 fully saturated rings. The lowest BCUT2D eigenvalue weighted by atomic mass is 10.2. The Morgan fingerprint density at radius 3 is 2.69 bits per heavy atom. The van der Waals surface area contributed by atoms with E-state index >= 15 is 0 Å². The maximum Gasteiger partial charge on any atom is 0.228 e. The highest BCUT2D eigenvalue weighted by atomic mass is 35.5. The summed E-state index contributed by atoms with van der Waals surface area (Å²) >= 11 is 6.20. The Morgan fingerprint density at radius 2 is 1.96 bits per heavy atom. The lowest BCUT2D eigenvalue weighted by molar-refractivity contribution is 0.320. The average Bonchev–Trinajstić information content (AvgIpc) is 3.02. The molecule has 0 aliphatic heterocycles. The number of hydrogen-bond donors (Lipinski definition) is 0. The van der Waals surface area contributed by atoms with Crippen LogP contribution < -0.4 is 4.74 Å². The lowest BCUT2D eigenvalue weighted by Crippen LogP contribution is -2.02. The third kappa shape index (κ3) is 4.33. The maximum absolute atomic E-state index is 8.54. The molecular formula is C21H17ClN2O2. The van der Waals surface area contributed by atoms with Gasteiger partial charge in [0.25, 0.3) is 0 Å². The molecule has 0 N–H and O–H groups in total. The first-order valence-corrected chi connectivity index (χ1v) is 8.55. The van der Waals surface area contributed by atoms with Crippen LogP contribution in [0.5, 0.6) is 5.75 Å². The fraction of sp³-hybridized carbons (Fsp3) is 0.143. The number of hydrogen-bond acceptors (Lipinski definition) is 4. The van der Waals surface area contributed by atoms with Crippen molar-refractivity contribution in [3.05, 3.63) is 76.6 Å². The zero-order valence-electron chi connectivity index (χ0n) is 14.3. The van der Waals surface area contributed by atoms with Crippen LogP contribution in [0.4, 0.5) is 0 Å². The number of allylic oxidation sites excluding steroid dienone is 1. The van der Waals surface area contributed by atoms with Crippen molar-refractivity contribution in [2.45, 2.75) is 13.3 Å². The number of ether oxygens (including phenoxy) is 1. The molecule has 0 saturated heterocycles. The SMILES string of the molecule is Cc1oc(-c2ccccc2Cl)nc1CCOc1ccc(/C=C/C#N)cc1. The third-order valence-electron chi connectivity index (χ3n) is 3.83. The van der Waals surface area contributed by atoms with Crippen LogP contribution in [0, 0.1) is 18.3 Å². The Kier molecular flexibility index (Phi) is 5.73. The standard InChI is InChI=1S/C21H17ClN2O2/c1-15-20(24-21(26-15)18-6-2-3-7-19(18)22)12-14-25-17-10-8-16(9-11-17)5-4-13-23/h2-11H,12,14H2,1H3/b5-4+. The van der Waals surface area contributed by atoms with Crippen molar-refractivity contribution in [3.8, 4) is 23.3 Å². The normalized spacial score (nSPS) is 10.8. The topological polar surface area (TPSA) is 59.1 Å². The van der Waals surface area contributed by atoms with Crippen molar-refractivity contribution in [3.63, 3.8) is 0 Å². The van der Waals surface area contributed by atoms with E-state index in [4.69, 9.17) is 26.0 Å². The van der Waals surface area contributed by atoms with E-state index in [2.05, 4.69) is 4.98 Å². The first kappa shape index (κ1) is 17.8. The molecule has 0 unspecified atom stereocenters. The number of nitrogens with zero attached hydrogens (tertiary/aromatic N) is 2. The van der Waals surface area contributed by atoms with Crippen molar-refractivity contribution < 1.29 is 9.15 Å². The summed E-state index contributed by atoms with van der Waals surface area (Å²) < 4.78 is 11.5. The summed E-state index contributed by atoms with van der Waals surface area (Å²) in [6, 6.07) is 17.0. The quantitative estimate of drug-likeness (QED) is 0.545. The third-order valence-corrected chi connectivity index (χ3v) is 4.16. The van der Waals surface area contributed by atoms with E-state index in [1.807, 2.05) is 61.5 Å². The molecule has 0 saturated carbocycles. The molecule has 1 aromatic heterocycles. The Bertz CT molecular complexity index is 953. The van der Waals surface area contributed by atoms with E-state index in [0.29, 0.717) is 23.9 Å². The molecule has 0 aliphatic rings. The highest BCUT2D eigenvalue weighted by Gasteiger charge is 2.13. The van der Waals surface area contributed by atoms with Gasteiger partial charge in [0.2, 0.25) is 5.89 Å². The van der Waals surface area contributed by atoms with Gasteiger partial charge in [-0.2, -0.15) is 5.26 Å². The van der Waals surface area contributed by atoms with Crippen LogP contribution in [0.2, 0.25) is 5.02 Å². The van der Waals surface area contributed by atoms with Crippen LogP contribution in [0.1, 0.15) is 17.0 Å². The number of aryl methyl sites for hydroxylation is 1. The van der Waals surface area contributed by atoms with Crippen molar-refractivity contribution in [1.29, 1.82) is 5.26 Å². The molecule has 4 nitrogen and oxygen atoms in total. The lowest BCUT2D eigenvalue weighted by Gasteiger charge is -2.05. The number of oxazole rings is 1. The van der Waals surface area contributed by atoms with E-state index in [9.17, 15) is 0 Å². The number of nitriles is 1. The number of benzene rings is 2. The molecule has 2 aromatic carbocycles. The summed E-state index contributed by atoms with van der Waals surface area (Å²) in [6.07, 6.45) is 3.83. The molecule has 0 aliphatic carbocycles. The zero-order chi connectivity index (χ0) is 18.4. The van der Waals surface area contributed by atoms with E-state index in [1.165, 1.54) is 6.08 Å². The van der Waals surface area contributed by atoms with E-state index in [0.717, 1.165) is 28.3 Å². The highest BCUT2D eigenvalue weighted by molar-refractivity contribution is 6.33. The smallest absolute Gasteiger partial charge is 0.228 e. The van der Waals surface area contributed by atoms with Crippen LogP contribution in [0.15, 0.2) is 59.0 Å². The van der Waals surface area contributed by atoms with Crippen LogP contribution in [0.3, 0.4) is 0 Å². The molecule has 130 valence electrons. The van der Waals surface area contributed by atoms with E-state index in [1.54, 1.807) is 6.08 Å². The van der Waals surface area contributed by atoms with Gasteiger partial charge in [0, 0.05) is 12.5 Å². The fourth-order valence-electron chi connectivity index (χ4n) is 2.48. The molecule has 0 atom stereocenters. The van der Waals surface area contributed by atoms with Crippen LogP contribution in [-0.4, -0.2) is 11.6 Å². The molecule has 5 heteroatoms. The van der Waals surface area contributed by atoms with Gasteiger partial charge in [0.05, 0.1) is 29.0 Å². The van der Waals surface area contributed by atoms with Crippen LogP contribution in [-0.2, 0) is 6.42 Å². The summed E-state index contributed by atoms with van der Waals surface area (Å²) in [6.45, 7) is 2.38. The number of aromatic nitrogens is 1. The second-order valence-corrected chi connectivity index (χ2v) is 6.04. The van der Waals surface area contributed by atoms with Gasteiger partial charge in [-0.25, -0.2) is 4.98 Å². The van der Waals surface area contributed by atoms with Gasteiger partial charge >= 0.3 is 0 Å². The minimum atomic E-state index is 0.489. The molecule has 26 heavy (non-hydrogen) atoms. The Hall–Kier alpha value is -3.03. The second kappa shape index (κ2) is 8.37. The summed E-state index contributed by atoms with van der Waals surface area (Å²) in [7, 11) is 0. The maximum atomic E-state index is 8.54. The summed E-state index contributed by atoms with van der Waals surface area (Å²) in [5.74, 6) is 2.06. The van der Waals surface area contributed by atoms with Crippen molar-refractivity contribution in [2.24, 2.45) is 0 Å². The molecule has 0 amide bonds. The minimum absolute atomic E-state index is 0.489. The zero-order valence-corrected chi connectivity index (χ0v) is 15.0. The molecule has 3 aromatic rings. The number of rotatable bonds is 6. The fourth-order valence-corrected chi connectivity index (χ4v) is 2.70. The van der Waals surface area contributed by atoms with Gasteiger partial charge in [-0.1, -0.05) is 35.9 Å². The molecule has 0 spiro atoms. The van der Waals surface area contributed by atoms with Gasteiger partial charge in [0.1, 0.15) is 11.5 Å². The van der Waals surface area contributed by atoms with E-state index in [-0.39, 0.29) is 0 Å². The van der Waals surface area contributed by atoms with Crippen molar-refractivity contribution >= 4 is 17.7 Å². The first-order chi connectivity index (χ1) is 12.7. The molecule has 0 bridgehead atoms. The molecule has 1 heterocycles. The van der Waals surface area contributed by atoms with Gasteiger partial charge < -0.3 is 9.15 Å². The molecule has 3 rings (SSSR count). The van der Waals surface area contributed by atoms with Gasteiger partial charge in [0.15, 0.2) is 0 Å². The predicted molar refractivity (Wildman–Crippen MR) is 102 cm³/mol. The minimum Gasteiger partial charge on any atom is -0.493 e. The van der Waals surface area contributed by atoms with Gasteiger partial charge in [-0.05, 0) is 42.8 Å². The summed E-state index contributed by atoms with van der Waals surface area (Å²) in [4.78, 5) is 4.55. The predicted octanol–water partition coefficient (Wildman–Crippen LogP) is 5.46. The Balaban J connectivity index is 1.61. The van der Waals surface area contributed by atoms with Gasteiger partial charge in [-0.3, -0.25) is 0 Å². The number of halogens is 1. The molecule has 0 radical (unpaired) electrons. The van der Waals surface area contributed by atoms with Crippen molar-refractivity contribution in [1.82, 2.24) is 4.98 Å². The average molecular weight is 365 g/mol. The van der Waals surface area contributed by atoms with Crippen LogP contribution in [0.25, 0.3) is 17.5 Å². The Morgan fingerprint density at radius 1 is 1.19 bits per heavy atom. The second-order valence-electron chi connectivity index (χ2n) is 5.63. The largest absolute Gasteiger partial charge is 0.493 e.